The molecule has 0 unspecified atom stereocenters. The van der Waals surface area contributed by atoms with Gasteiger partial charge in [0, 0.05) is 30.2 Å². The van der Waals surface area contributed by atoms with E-state index in [9.17, 15) is 4.79 Å². The molecule has 94 valence electrons. The summed E-state index contributed by atoms with van der Waals surface area (Å²) in [7, 11) is 0. The maximum Gasteiger partial charge on any atom is 0.224 e. The summed E-state index contributed by atoms with van der Waals surface area (Å²) in [5.41, 5.74) is 1.90. The van der Waals surface area contributed by atoms with Crippen LogP contribution in [0.25, 0.3) is 5.69 Å². The number of hydrogen-bond donors (Lipinski definition) is 1. The number of nitrogens with one attached hydrogen (secondary N) is 1. The lowest BCUT2D eigenvalue weighted by molar-refractivity contribution is -0.116. The minimum atomic E-state index is 0.0847. The first-order chi connectivity index (χ1) is 8.79. The van der Waals surface area contributed by atoms with Crippen molar-refractivity contribution < 1.29 is 4.79 Å². The smallest absolute Gasteiger partial charge is 0.224 e. The first-order valence-corrected chi connectivity index (χ1v) is 6.33. The summed E-state index contributed by atoms with van der Waals surface area (Å²) in [6.45, 7) is 2.08. The van der Waals surface area contributed by atoms with Crippen molar-refractivity contribution >= 4 is 11.6 Å². The molecule has 3 heteroatoms. The summed E-state index contributed by atoms with van der Waals surface area (Å²) < 4.78 is 2.02. The molecule has 1 N–H and O–H groups in total. The summed E-state index contributed by atoms with van der Waals surface area (Å²) in [6.07, 6.45) is 6.53. The van der Waals surface area contributed by atoms with Gasteiger partial charge in [-0.15, -0.1) is 0 Å². The van der Waals surface area contributed by atoms with Crippen molar-refractivity contribution in [2.75, 3.05) is 5.32 Å². The highest BCUT2D eigenvalue weighted by Crippen LogP contribution is 2.15. The van der Waals surface area contributed by atoms with Crippen molar-refractivity contribution in [2.45, 2.75) is 26.2 Å². The van der Waals surface area contributed by atoms with Crippen molar-refractivity contribution in [1.29, 1.82) is 0 Å². The Kier molecular flexibility index (Phi) is 4.18. The van der Waals surface area contributed by atoms with Crippen LogP contribution in [0.4, 0.5) is 5.69 Å². The van der Waals surface area contributed by atoms with E-state index in [1.54, 1.807) is 0 Å². The second-order valence-electron chi connectivity index (χ2n) is 4.29. The Balaban J connectivity index is 2.06. The highest BCUT2D eigenvalue weighted by Gasteiger charge is 2.02. The third-order valence-corrected chi connectivity index (χ3v) is 2.79. The molecule has 0 aliphatic heterocycles. The molecule has 1 heterocycles. The van der Waals surface area contributed by atoms with Gasteiger partial charge in [0.2, 0.25) is 5.91 Å². The second kappa shape index (κ2) is 6.05. The molecule has 0 aliphatic carbocycles. The number of rotatable bonds is 5. The lowest BCUT2D eigenvalue weighted by Crippen LogP contribution is -2.11. The SMILES string of the molecule is CCCCC(=O)Nc1cccc(-n2cccc2)c1. The molecule has 0 spiro atoms. The Labute approximate surface area is 107 Å². The number of anilines is 1. The molecule has 1 amide bonds. The fourth-order valence-electron chi connectivity index (χ4n) is 1.81. The Morgan fingerprint density at radius 3 is 2.72 bits per heavy atom. The first kappa shape index (κ1) is 12.4. The topological polar surface area (TPSA) is 34.0 Å². The summed E-state index contributed by atoms with van der Waals surface area (Å²) in [4.78, 5) is 11.7. The van der Waals surface area contributed by atoms with Crippen LogP contribution >= 0.6 is 0 Å². The number of hydrogen-bond acceptors (Lipinski definition) is 1. The van der Waals surface area contributed by atoms with Crippen LogP contribution in [0.5, 0.6) is 0 Å². The predicted octanol–water partition coefficient (Wildman–Crippen LogP) is 3.61. The van der Waals surface area contributed by atoms with E-state index in [4.69, 9.17) is 0 Å². The highest BCUT2D eigenvalue weighted by atomic mass is 16.1. The molecular weight excluding hydrogens is 224 g/mol. The zero-order chi connectivity index (χ0) is 12.8. The molecule has 0 atom stereocenters. The molecule has 3 nitrogen and oxygen atoms in total. The van der Waals surface area contributed by atoms with Crippen LogP contribution in [0.1, 0.15) is 26.2 Å². The predicted molar refractivity (Wildman–Crippen MR) is 73.9 cm³/mol. The summed E-state index contributed by atoms with van der Waals surface area (Å²) in [5, 5.41) is 2.93. The normalized spacial score (nSPS) is 10.3. The van der Waals surface area contributed by atoms with E-state index in [0.717, 1.165) is 24.2 Å². The van der Waals surface area contributed by atoms with E-state index < -0.39 is 0 Å². The molecule has 0 fully saturated rings. The van der Waals surface area contributed by atoms with E-state index in [2.05, 4.69) is 12.2 Å². The van der Waals surface area contributed by atoms with E-state index in [-0.39, 0.29) is 5.91 Å². The molecule has 0 aliphatic rings. The van der Waals surface area contributed by atoms with Crippen LogP contribution in [0.15, 0.2) is 48.8 Å². The molecule has 0 saturated heterocycles. The van der Waals surface area contributed by atoms with Crippen molar-refractivity contribution in [3.63, 3.8) is 0 Å². The van der Waals surface area contributed by atoms with Gasteiger partial charge in [0.15, 0.2) is 0 Å². The van der Waals surface area contributed by atoms with E-state index in [0.29, 0.717) is 6.42 Å². The lowest BCUT2D eigenvalue weighted by Gasteiger charge is -2.08. The van der Waals surface area contributed by atoms with Gasteiger partial charge >= 0.3 is 0 Å². The Morgan fingerprint density at radius 2 is 2.00 bits per heavy atom. The number of carbonyl (C=O) groups is 1. The van der Waals surface area contributed by atoms with Crippen molar-refractivity contribution in [3.05, 3.63) is 48.8 Å². The standard InChI is InChI=1S/C15H18N2O/c1-2-3-9-15(18)16-13-7-6-8-14(12-13)17-10-4-5-11-17/h4-8,10-12H,2-3,9H2,1H3,(H,16,18). The average Bonchev–Trinajstić information content (AvgIpc) is 2.90. The van der Waals surface area contributed by atoms with Gasteiger partial charge in [0.1, 0.15) is 0 Å². The minimum absolute atomic E-state index is 0.0847. The maximum absolute atomic E-state index is 11.7. The van der Waals surface area contributed by atoms with Gasteiger partial charge in [-0.3, -0.25) is 4.79 Å². The maximum atomic E-state index is 11.7. The quantitative estimate of drug-likeness (QED) is 0.854. The molecule has 0 bridgehead atoms. The molecule has 2 aromatic rings. The first-order valence-electron chi connectivity index (χ1n) is 6.33. The average molecular weight is 242 g/mol. The molecule has 0 saturated carbocycles. The highest BCUT2D eigenvalue weighted by molar-refractivity contribution is 5.90. The zero-order valence-corrected chi connectivity index (χ0v) is 10.6. The third kappa shape index (κ3) is 3.23. The van der Waals surface area contributed by atoms with Crippen LogP contribution in [0.3, 0.4) is 0 Å². The number of amides is 1. The van der Waals surface area contributed by atoms with Gasteiger partial charge in [-0.2, -0.15) is 0 Å². The molecular formula is C15H18N2O. The van der Waals surface area contributed by atoms with Crippen LogP contribution in [0, 0.1) is 0 Å². The summed E-state index contributed by atoms with van der Waals surface area (Å²) >= 11 is 0. The van der Waals surface area contributed by atoms with E-state index in [1.807, 2.05) is 53.4 Å². The van der Waals surface area contributed by atoms with Crippen molar-refractivity contribution in [3.8, 4) is 5.69 Å². The van der Waals surface area contributed by atoms with Crippen LogP contribution < -0.4 is 5.32 Å². The van der Waals surface area contributed by atoms with Gasteiger partial charge in [-0.1, -0.05) is 19.4 Å². The zero-order valence-electron chi connectivity index (χ0n) is 10.6. The van der Waals surface area contributed by atoms with Gasteiger partial charge in [-0.05, 0) is 36.8 Å². The number of benzene rings is 1. The van der Waals surface area contributed by atoms with Crippen LogP contribution in [0.2, 0.25) is 0 Å². The van der Waals surface area contributed by atoms with Gasteiger partial charge in [-0.25, -0.2) is 0 Å². The summed E-state index contributed by atoms with van der Waals surface area (Å²) in [5.74, 6) is 0.0847. The number of aromatic nitrogens is 1. The summed E-state index contributed by atoms with van der Waals surface area (Å²) in [6, 6.07) is 11.8. The molecule has 18 heavy (non-hydrogen) atoms. The largest absolute Gasteiger partial charge is 0.326 e. The monoisotopic (exact) mass is 242 g/mol. The Morgan fingerprint density at radius 1 is 1.22 bits per heavy atom. The van der Waals surface area contributed by atoms with Crippen molar-refractivity contribution in [2.24, 2.45) is 0 Å². The molecule has 2 rings (SSSR count). The fourth-order valence-corrected chi connectivity index (χ4v) is 1.81. The number of nitrogens with zero attached hydrogens (tertiary/aromatic N) is 1. The Hall–Kier alpha value is -2.03. The van der Waals surface area contributed by atoms with E-state index >= 15 is 0 Å². The van der Waals surface area contributed by atoms with Crippen LogP contribution in [-0.2, 0) is 4.79 Å². The molecule has 1 aromatic heterocycles. The molecule has 1 aromatic carbocycles. The van der Waals surface area contributed by atoms with Gasteiger partial charge in [0.25, 0.3) is 0 Å². The fraction of sp³-hybridized carbons (Fsp3) is 0.267. The Bertz CT molecular complexity index is 503. The number of unbranched alkanes of at least 4 members (excludes halogenated alkanes) is 1. The number of carbonyl (C=O) groups excluding carboxylic acids is 1. The second-order valence-corrected chi connectivity index (χ2v) is 4.29. The van der Waals surface area contributed by atoms with Gasteiger partial charge in [0.05, 0.1) is 0 Å². The molecule has 0 radical (unpaired) electrons. The van der Waals surface area contributed by atoms with E-state index in [1.165, 1.54) is 0 Å². The van der Waals surface area contributed by atoms with Crippen molar-refractivity contribution in [1.82, 2.24) is 4.57 Å². The third-order valence-electron chi connectivity index (χ3n) is 2.79. The minimum Gasteiger partial charge on any atom is -0.326 e. The van der Waals surface area contributed by atoms with Crippen LogP contribution in [-0.4, -0.2) is 10.5 Å². The van der Waals surface area contributed by atoms with Gasteiger partial charge < -0.3 is 9.88 Å². The lowest BCUT2D eigenvalue weighted by atomic mass is 10.2.